The van der Waals surface area contributed by atoms with E-state index in [1.807, 2.05) is 19.1 Å². The van der Waals surface area contributed by atoms with Crippen LogP contribution in [0.2, 0.25) is 0 Å². The first-order valence-corrected chi connectivity index (χ1v) is 8.57. The van der Waals surface area contributed by atoms with Crippen molar-refractivity contribution in [2.75, 3.05) is 32.8 Å². The molecule has 0 radical (unpaired) electrons. The Labute approximate surface area is 158 Å². The van der Waals surface area contributed by atoms with Crippen LogP contribution in [0.3, 0.4) is 0 Å². The van der Waals surface area contributed by atoms with Crippen molar-refractivity contribution in [3.8, 4) is 17.2 Å². The van der Waals surface area contributed by atoms with Crippen LogP contribution < -0.4 is 19.5 Å². The second-order valence-corrected chi connectivity index (χ2v) is 5.52. The highest BCUT2D eigenvalue weighted by molar-refractivity contribution is 5.93. The maximum Gasteiger partial charge on any atom is 0.265 e. The Morgan fingerprint density at radius 1 is 1.07 bits per heavy atom. The number of amides is 1. The van der Waals surface area contributed by atoms with E-state index in [9.17, 15) is 4.79 Å². The number of nitrogens with zero attached hydrogens (tertiary/aromatic N) is 1. The lowest BCUT2D eigenvalue weighted by molar-refractivity contribution is -0.120. The van der Waals surface area contributed by atoms with Crippen LogP contribution in [0.15, 0.2) is 47.6 Å². The van der Waals surface area contributed by atoms with Gasteiger partial charge in [0.15, 0.2) is 18.1 Å². The molecule has 0 unspecified atom stereocenters. The maximum atomic E-state index is 12.0. The molecule has 0 saturated heterocycles. The van der Waals surface area contributed by atoms with Crippen molar-refractivity contribution in [2.24, 2.45) is 5.16 Å². The molecule has 0 fully saturated rings. The molecule has 0 spiro atoms. The summed E-state index contributed by atoms with van der Waals surface area (Å²) in [6.45, 7) is 2.39. The largest absolute Gasteiger partial charge is 0.493 e. The van der Waals surface area contributed by atoms with Gasteiger partial charge >= 0.3 is 0 Å². The number of anilines is 1. The third-order valence-electron chi connectivity index (χ3n) is 3.50. The van der Waals surface area contributed by atoms with Crippen molar-refractivity contribution in [1.29, 1.82) is 0 Å². The Morgan fingerprint density at radius 3 is 2.59 bits per heavy atom. The van der Waals surface area contributed by atoms with Gasteiger partial charge in [0.25, 0.3) is 5.91 Å². The molecule has 2 aromatic rings. The first kappa shape index (κ1) is 20.1. The summed E-state index contributed by atoms with van der Waals surface area (Å²) >= 11 is 0. The minimum Gasteiger partial charge on any atom is -0.493 e. The lowest BCUT2D eigenvalue weighted by atomic mass is 10.2. The summed E-state index contributed by atoms with van der Waals surface area (Å²) in [5, 5.41) is 6.56. The van der Waals surface area contributed by atoms with Crippen LogP contribution in [-0.4, -0.2) is 39.6 Å². The summed E-state index contributed by atoms with van der Waals surface area (Å²) in [5.74, 6) is 1.51. The van der Waals surface area contributed by atoms with Crippen LogP contribution in [0.1, 0.15) is 18.9 Å². The van der Waals surface area contributed by atoms with E-state index in [0.29, 0.717) is 29.5 Å². The number of carbonyl (C=O) groups excluding carboxylic acids is 1. The van der Waals surface area contributed by atoms with Gasteiger partial charge in [-0.25, -0.2) is 0 Å². The molecule has 0 aliphatic carbocycles. The molecule has 7 nitrogen and oxygen atoms in total. The smallest absolute Gasteiger partial charge is 0.265 e. The molecule has 0 aromatic heterocycles. The fourth-order valence-corrected chi connectivity index (χ4v) is 2.22. The zero-order valence-corrected chi connectivity index (χ0v) is 15.7. The van der Waals surface area contributed by atoms with Gasteiger partial charge < -0.3 is 24.4 Å². The number of para-hydroxylation sites is 2. The monoisotopic (exact) mass is 372 g/mol. The highest BCUT2D eigenvalue weighted by Gasteiger charge is 2.08. The van der Waals surface area contributed by atoms with Crippen molar-refractivity contribution in [1.82, 2.24) is 0 Å². The summed E-state index contributed by atoms with van der Waals surface area (Å²) in [5.41, 5.74) is 1.36. The highest BCUT2D eigenvalue weighted by Crippen LogP contribution is 2.27. The molecule has 2 aromatic carbocycles. The second-order valence-electron chi connectivity index (χ2n) is 5.52. The molecule has 0 saturated carbocycles. The average molecular weight is 372 g/mol. The normalized spacial score (nSPS) is 10.5. The van der Waals surface area contributed by atoms with Gasteiger partial charge in [0.05, 0.1) is 32.7 Å². The fraction of sp³-hybridized carbons (Fsp3) is 0.300. The lowest BCUT2D eigenvalue weighted by Crippen LogP contribution is -2.17. The number of ether oxygens (including phenoxy) is 3. The molecule has 0 bridgehead atoms. The van der Waals surface area contributed by atoms with Crippen molar-refractivity contribution in [3.63, 3.8) is 0 Å². The number of carbonyl (C=O) groups is 1. The van der Waals surface area contributed by atoms with Gasteiger partial charge in [0.2, 0.25) is 0 Å². The van der Waals surface area contributed by atoms with Crippen LogP contribution in [-0.2, 0) is 9.63 Å². The standard InChI is InChI=1S/C20H24N2O5/c1-4-11-26-17-8-6-5-7-16(17)22-20(23)14-27-21-13-15-9-10-18(24-2)19(12-15)25-3/h5-10,12-13H,4,11,14H2,1-3H3,(H,22,23)/b21-13+. The molecule has 7 heteroatoms. The van der Waals surface area contributed by atoms with Gasteiger partial charge in [-0.15, -0.1) is 0 Å². The minimum absolute atomic E-state index is 0.216. The van der Waals surface area contributed by atoms with E-state index in [1.54, 1.807) is 44.6 Å². The number of methoxy groups -OCH3 is 2. The van der Waals surface area contributed by atoms with Gasteiger partial charge in [0.1, 0.15) is 5.75 Å². The van der Waals surface area contributed by atoms with Crippen LogP contribution >= 0.6 is 0 Å². The molecule has 0 atom stereocenters. The Hall–Kier alpha value is -3.22. The van der Waals surface area contributed by atoms with Gasteiger partial charge in [-0.3, -0.25) is 4.79 Å². The third kappa shape index (κ3) is 6.22. The average Bonchev–Trinajstić information content (AvgIpc) is 2.70. The van der Waals surface area contributed by atoms with Crippen molar-refractivity contribution >= 4 is 17.8 Å². The van der Waals surface area contributed by atoms with Gasteiger partial charge in [-0.1, -0.05) is 24.2 Å². The molecule has 27 heavy (non-hydrogen) atoms. The third-order valence-corrected chi connectivity index (χ3v) is 3.50. The first-order chi connectivity index (χ1) is 13.2. The van der Waals surface area contributed by atoms with E-state index in [-0.39, 0.29) is 12.5 Å². The number of hydrogen-bond acceptors (Lipinski definition) is 6. The van der Waals surface area contributed by atoms with E-state index < -0.39 is 0 Å². The topological polar surface area (TPSA) is 78.4 Å². The molecule has 2 rings (SSSR count). The molecule has 0 aliphatic rings. The van der Waals surface area contributed by atoms with Crippen LogP contribution in [0.25, 0.3) is 0 Å². The number of hydrogen-bond donors (Lipinski definition) is 1. The van der Waals surface area contributed by atoms with Crippen molar-refractivity contribution < 1.29 is 23.8 Å². The highest BCUT2D eigenvalue weighted by atomic mass is 16.6. The molecule has 1 N–H and O–H groups in total. The summed E-state index contributed by atoms with van der Waals surface area (Å²) in [7, 11) is 3.13. The minimum atomic E-state index is -0.327. The molecule has 1 amide bonds. The zero-order valence-electron chi connectivity index (χ0n) is 15.7. The number of nitrogens with one attached hydrogen (secondary N) is 1. The second kappa shape index (κ2) is 10.7. The van der Waals surface area contributed by atoms with Crippen molar-refractivity contribution in [3.05, 3.63) is 48.0 Å². The molecular weight excluding hydrogens is 348 g/mol. The maximum absolute atomic E-state index is 12.0. The summed E-state index contributed by atoms with van der Waals surface area (Å²) in [4.78, 5) is 17.1. The Bertz CT molecular complexity index is 777. The SMILES string of the molecule is CCCOc1ccccc1NC(=O)CO/N=C/c1ccc(OC)c(OC)c1. The predicted octanol–water partition coefficient (Wildman–Crippen LogP) is 3.48. The fourth-order valence-electron chi connectivity index (χ4n) is 2.22. The Kier molecular flexibility index (Phi) is 7.96. The van der Waals surface area contributed by atoms with Gasteiger partial charge in [-0.05, 0) is 36.8 Å². The van der Waals surface area contributed by atoms with E-state index in [2.05, 4.69) is 10.5 Å². The first-order valence-electron chi connectivity index (χ1n) is 8.57. The van der Waals surface area contributed by atoms with Crippen LogP contribution in [0.4, 0.5) is 5.69 Å². The van der Waals surface area contributed by atoms with E-state index in [1.165, 1.54) is 6.21 Å². The lowest BCUT2D eigenvalue weighted by Gasteiger charge is -2.11. The van der Waals surface area contributed by atoms with E-state index in [0.717, 1.165) is 12.0 Å². The number of oxime groups is 1. The number of benzene rings is 2. The Balaban J connectivity index is 1.87. The van der Waals surface area contributed by atoms with E-state index >= 15 is 0 Å². The molecule has 0 aliphatic heterocycles. The van der Waals surface area contributed by atoms with Crippen molar-refractivity contribution in [2.45, 2.75) is 13.3 Å². The summed E-state index contributed by atoms with van der Waals surface area (Å²) in [6, 6.07) is 12.6. The Morgan fingerprint density at radius 2 is 1.85 bits per heavy atom. The molecule has 0 heterocycles. The summed E-state index contributed by atoms with van der Waals surface area (Å²) in [6.07, 6.45) is 2.38. The molecule has 144 valence electrons. The quantitative estimate of drug-likeness (QED) is 0.510. The zero-order chi connectivity index (χ0) is 19.5. The summed E-state index contributed by atoms with van der Waals surface area (Å²) < 4.78 is 16.0. The van der Waals surface area contributed by atoms with Crippen LogP contribution in [0, 0.1) is 0 Å². The number of rotatable bonds is 10. The van der Waals surface area contributed by atoms with Gasteiger partial charge in [0, 0.05) is 5.56 Å². The predicted molar refractivity (Wildman–Crippen MR) is 104 cm³/mol. The van der Waals surface area contributed by atoms with Gasteiger partial charge in [-0.2, -0.15) is 0 Å². The molecular formula is C20H24N2O5. The van der Waals surface area contributed by atoms with E-state index in [4.69, 9.17) is 19.0 Å². The van der Waals surface area contributed by atoms with Crippen LogP contribution in [0.5, 0.6) is 17.2 Å².